The molecule has 0 fully saturated rings. The first-order valence-corrected chi connectivity index (χ1v) is 6.48. The Morgan fingerprint density at radius 1 is 1.35 bits per heavy atom. The maximum atomic E-state index is 10.7. The predicted octanol–water partition coefficient (Wildman–Crippen LogP) is 3.49. The van der Waals surface area contributed by atoms with Gasteiger partial charge in [-0.05, 0) is 18.2 Å². The zero-order valence-corrected chi connectivity index (χ0v) is 11.4. The highest BCUT2D eigenvalue weighted by atomic mass is 35.5. The molecule has 0 aliphatic rings. The predicted molar refractivity (Wildman–Crippen MR) is 73.4 cm³/mol. The van der Waals surface area contributed by atoms with E-state index in [1.165, 1.54) is 42.2 Å². The van der Waals surface area contributed by atoms with Crippen molar-refractivity contribution < 1.29 is 14.8 Å². The second kappa shape index (κ2) is 5.89. The van der Waals surface area contributed by atoms with Crippen molar-refractivity contribution in [1.82, 2.24) is 4.98 Å². The minimum atomic E-state index is -1.05. The standard InChI is InChI=1S/C12H7ClN2O4S/c13-9-5-8(15(18)19)2-3-10(9)20-11-4-1-7(6-14-11)12(16)17/h1-6H,(H,16,17). The van der Waals surface area contributed by atoms with Crippen molar-refractivity contribution in [2.45, 2.75) is 9.92 Å². The third-order valence-corrected chi connectivity index (χ3v) is 3.78. The van der Waals surface area contributed by atoms with Gasteiger partial charge in [-0.1, -0.05) is 23.4 Å². The van der Waals surface area contributed by atoms with E-state index >= 15 is 0 Å². The van der Waals surface area contributed by atoms with Crippen molar-refractivity contribution in [3.8, 4) is 0 Å². The molecule has 102 valence electrons. The number of carboxylic acids is 1. The average Bonchev–Trinajstić information content (AvgIpc) is 2.41. The molecule has 0 aliphatic heterocycles. The van der Waals surface area contributed by atoms with Crippen LogP contribution in [0, 0.1) is 10.1 Å². The lowest BCUT2D eigenvalue weighted by molar-refractivity contribution is -0.384. The molecule has 0 atom stereocenters. The van der Waals surface area contributed by atoms with Crippen LogP contribution in [0.15, 0.2) is 46.5 Å². The Balaban J connectivity index is 2.21. The number of nitrogens with zero attached hydrogens (tertiary/aromatic N) is 2. The van der Waals surface area contributed by atoms with Crippen molar-refractivity contribution in [2.24, 2.45) is 0 Å². The molecule has 1 heterocycles. The number of hydrogen-bond donors (Lipinski definition) is 1. The molecule has 1 aromatic heterocycles. The molecule has 2 rings (SSSR count). The van der Waals surface area contributed by atoms with Gasteiger partial charge in [0.15, 0.2) is 0 Å². The molecule has 1 aromatic carbocycles. The number of nitro benzene ring substituents is 1. The van der Waals surface area contributed by atoms with E-state index in [1.807, 2.05) is 0 Å². The van der Waals surface area contributed by atoms with Crippen LogP contribution in [0.5, 0.6) is 0 Å². The van der Waals surface area contributed by atoms with E-state index in [0.717, 1.165) is 0 Å². The molecule has 2 aromatic rings. The summed E-state index contributed by atoms with van der Waals surface area (Å²) in [7, 11) is 0. The van der Waals surface area contributed by atoms with Crippen LogP contribution in [-0.4, -0.2) is 21.0 Å². The summed E-state index contributed by atoms with van der Waals surface area (Å²) in [5.41, 5.74) is -0.00215. The van der Waals surface area contributed by atoms with Gasteiger partial charge in [0.25, 0.3) is 5.69 Å². The second-order valence-corrected chi connectivity index (χ2v) is 5.13. The van der Waals surface area contributed by atoms with E-state index < -0.39 is 10.9 Å². The lowest BCUT2D eigenvalue weighted by atomic mass is 10.3. The van der Waals surface area contributed by atoms with Gasteiger partial charge in [-0.25, -0.2) is 9.78 Å². The number of aromatic nitrogens is 1. The van der Waals surface area contributed by atoms with Crippen molar-refractivity contribution in [1.29, 1.82) is 0 Å². The number of nitro groups is 1. The summed E-state index contributed by atoms with van der Waals surface area (Å²) in [5, 5.41) is 20.1. The lowest BCUT2D eigenvalue weighted by Gasteiger charge is -2.03. The fourth-order valence-electron chi connectivity index (χ4n) is 1.37. The number of rotatable bonds is 4. The molecule has 0 amide bonds. The summed E-state index contributed by atoms with van der Waals surface area (Å²) in [6, 6.07) is 7.11. The van der Waals surface area contributed by atoms with Crippen LogP contribution in [0.2, 0.25) is 5.02 Å². The van der Waals surface area contributed by atoms with Crippen LogP contribution < -0.4 is 0 Å². The Bertz CT molecular complexity index is 676. The average molecular weight is 311 g/mol. The molecule has 1 N–H and O–H groups in total. The van der Waals surface area contributed by atoms with Gasteiger partial charge >= 0.3 is 5.97 Å². The highest BCUT2D eigenvalue weighted by Crippen LogP contribution is 2.34. The van der Waals surface area contributed by atoms with E-state index in [2.05, 4.69) is 4.98 Å². The van der Waals surface area contributed by atoms with Gasteiger partial charge in [-0.15, -0.1) is 0 Å². The number of carbonyl (C=O) groups is 1. The Morgan fingerprint density at radius 3 is 2.60 bits per heavy atom. The minimum absolute atomic E-state index is 0.0872. The number of pyridine rings is 1. The van der Waals surface area contributed by atoms with Crippen molar-refractivity contribution in [3.05, 3.63) is 57.2 Å². The summed E-state index contributed by atoms with van der Waals surface area (Å²) in [6.45, 7) is 0. The Hall–Kier alpha value is -2.12. The number of carboxylic acid groups (broad SMARTS) is 1. The Morgan fingerprint density at radius 2 is 2.10 bits per heavy atom. The van der Waals surface area contributed by atoms with Crippen LogP contribution in [0.4, 0.5) is 5.69 Å². The summed E-state index contributed by atoms with van der Waals surface area (Å²) in [6.07, 6.45) is 1.24. The van der Waals surface area contributed by atoms with Gasteiger partial charge in [0.1, 0.15) is 5.03 Å². The van der Waals surface area contributed by atoms with Gasteiger partial charge in [-0.3, -0.25) is 10.1 Å². The molecule has 8 heteroatoms. The SMILES string of the molecule is O=C(O)c1ccc(Sc2ccc([N+](=O)[O-])cc2Cl)nc1. The molecule has 0 saturated heterocycles. The molecule has 0 bridgehead atoms. The van der Waals surface area contributed by atoms with E-state index in [0.29, 0.717) is 9.92 Å². The number of benzene rings is 1. The fourth-order valence-corrected chi connectivity index (χ4v) is 2.42. The second-order valence-electron chi connectivity index (χ2n) is 3.66. The fraction of sp³-hybridized carbons (Fsp3) is 0. The van der Waals surface area contributed by atoms with Gasteiger partial charge in [0, 0.05) is 23.2 Å². The first kappa shape index (κ1) is 14.3. The number of non-ortho nitro benzene ring substituents is 1. The monoisotopic (exact) mass is 310 g/mol. The van der Waals surface area contributed by atoms with E-state index in [1.54, 1.807) is 6.07 Å². The third-order valence-electron chi connectivity index (χ3n) is 2.32. The minimum Gasteiger partial charge on any atom is -0.478 e. The molecule has 0 spiro atoms. The zero-order valence-electron chi connectivity index (χ0n) is 9.82. The number of aromatic carboxylic acids is 1. The highest BCUT2D eigenvalue weighted by Gasteiger charge is 2.11. The molecular formula is C12H7ClN2O4S. The lowest BCUT2D eigenvalue weighted by Crippen LogP contribution is -1.96. The van der Waals surface area contributed by atoms with E-state index in [-0.39, 0.29) is 16.3 Å². The van der Waals surface area contributed by atoms with Crippen LogP contribution in [0.25, 0.3) is 0 Å². The number of hydrogen-bond acceptors (Lipinski definition) is 5. The van der Waals surface area contributed by atoms with Crippen molar-refractivity contribution >= 4 is 35.0 Å². The largest absolute Gasteiger partial charge is 0.478 e. The van der Waals surface area contributed by atoms with Crippen LogP contribution in [0.3, 0.4) is 0 Å². The quantitative estimate of drug-likeness (QED) is 0.686. The summed E-state index contributed by atoms with van der Waals surface area (Å²) in [5.74, 6) is -1.05. The third kappa shape index (κ3) is 3.25. The molecule has 6 nitrogen and oxygen atoms in total. The van der Waals surface area contributed by atoms with Crippen LogP contribution >= 0.6 is 23.4 Å². The van der Waals surface area contributed by atoms with E-state index in [9.17, 15) is 14.9 Å². The number of halogens is 1. The molecule has 20 heavy (non-hydrogen) atoms. The molecule has 0 aliphatic carbocycles. The smallest absolute Gasteiger partial charge is 0.337 e. The Labute approximate surface area is 122 Å². The van der Waals surface area contributed by atoms with Crippen molar-refractivity contribution in [3.63, 3.8) is 0 Å². The first-order chi connectivity index (χ1) is 9.47. The molecule has 0 unspecified atom stereocenters. The topological polar surface area (TPSA) is 93.3 Å². The molecule has 0 saturated carbocycles. The van der Waals surface area contributed by atoms with Gasteiger partial charge in [0.2, 0.25) is 0 Å². The maximum absolute atomic E-state index is 10.7. The first-order valence-electron chi connectivity index (χ1n) is 5.28. The maximum Gasteiger partial charge on any atom is 0.337 e. The van der Waals surface area contributed by atoms with E-state index in [4.69, 9.17) is 16.7 Å². The van der Waals surface area contributed by atoms with Gasteiger partial charge < -0.3 is 5.11 Å². The normalized spacial score (nSPS) is 10.2. The molecule has 0 radical (unpaired) electrons. The summed E-state index contributed by atoms with van der Waals surface area (Å²) < 4.78 is 0. The van der Waals surface area contributed by atoms with Gasteiger partial charge in [0.05, 0.1) is 15.5 Å². The van der Waals surface area contributed by atoms with Crippen LogP contribution in [-0.2, 0) is 0 Å². The molecular weight excluding hydrogens is 304 g/mol. The highest BCUT2D eigenvalue weighted by molar-refractivity contribution is 7.99. The summed E-state index contributed by atoms with van der Waals surface area (Å²) in [4.78, 5) is 25.4. The zero-order chi connectivity index (χ0) is 14.7. The van der Waals surface area contributed by atoms with Crippen LogP contribution in [0.1, 0.15) is 10.4 Å². The van der Waals surface area contributed by atoms with Crippen molar-refractivity contribution in [2.75, 3.05) is 0 Å². The Kier molecular flexibility index (Phi) is 4.21. The van der Waals surface area contributed by atoms with Gasteiger partial charge in [-0.2, -0.15) is 0 Å². The summed E-state index contributed by atoms with van der Waals surface area (Å²) >= 11 is 7.15.